The number of methoxy groups -OCH3 is 1. The number of fused-ring (bicyclic) bond motifs is 1. The average molecular weight is 382 g/mol. The highest BCUT2D eigenvalue weighted by molar-refractivity contribution is 5.89. The van der Waals surface area contributed by atoms with E-state index in [0.717, 1.165) is 0 Å². The van der Waals surface area contributed by atoms with Crippen LogP contribution in [-0.4, -0.2) is 25.5 Å². The summed E-state index contributed by atoms with van der Waals surface area (Å²) in [5.41, 5.74) is 0.362. The highest BCUT2D eigenvalue weighted by Crippen LogP contribution is 2.27. The van der Waals surface area contributed by atoms with Crippen LogP contribution in [0, 0.1) is 6.92 Å². The van der Waals surface area contributed by atoms with E-state index in [-0.39, 0.29) is 23.6 Å². The molecule has 1 aromatic heterocycles. The molecule has 0 N–H and O–H groups in total. The molecule has 1 heterocycles. The van der Waals surface area contributed by atoms with Crippen molar-refractivity contribution in [2.45, 2.75) is 13.8 Å². The summed E-state index contributed by atoms with van der Waals surface area (Å²) in [6.45, 7) is 2.98. The first-order valence-corrected chi connectivity index (χ1v) is 8.45. The van der Waals surface area contributed by atoms with Gasteiger partial charge in [-0.1, -0.05) is 0 Å². The monoisotopic (exact) mass is 382 g/mol. The van der Waals surface area contributed by atoms with Crippen molar-refractivity contribution in [3.8, 4) is 17.2 Å². The standard InChI is InChI=1S/C21H18O7/c1-12(22)11-26-16-8-9-17-18(10-16)27-13(2)20(19(17)23)28-15-6-4-14(5-7-15)21(24)25-3/h4-10H,11H2,1-3H3. The van der Waals surface area contributed by atoms with Crippen LogP contribution in [-0.2, 0) is 9.53 Å². The lowest BCUT2D eigenvalue weighted by Crippen LogP contribution is -2.09. The van der Waals surface area contributed by atoms with E-state index in [0.29, 0.717) is 33.8 Å². The van der Waals surface area contributed by atoms with E-state index in [2.05, 4.69) is 4.74 Å². The van der Waals surface area contributed by atoms with Crippen LogP contribution in [0.15, 0.2) is 51.7 Å². The Hall–Kier alpha value is -3.61. The Labute approximate surface area is 160 Å². The molecule has 0 aliphatic carbocycles. The molecule has 0 saturated heterocycles. The third-order valence-corrected chi connectivity index (χ3v) is 3.92. The van der Waals surface area contributed by atoms with E-state index in [1.54, 1.807) is 37.3 Å². The first kappa shape index (κ1) is 19.2. The van der Waals surface area contributed by atoms with E-state index >= 15 is 0 Å². The number of ketones is 1. The van der Waals surface area contributed by atoms with Crippen molar-refractivity contribution in [2.75, 3.05) is 13.7 Å². The molecular weight excluding hydrogens is 364 g/mol. The first-order chi connectivity index (χ1) is 13.4. The Morgan fingerprint density at radius 3 is 2.36 bits per heavy atom. The summed E-state index contributed by atoms with van der Waals surface area (Å²) >= 11 is 0. The molecule has 0 radical (unpaired) electrons. The van der Waals surface area contributed by atoms with Gasteiger partial charge in [0.25, 0.3) is 0 Å². The maximum absolute atomic E-state index is 12.8. The van der Waals surface area contributed by atoms with Crippen LogP contribution in [0.25, 0.3) is 11.0 Å². The largest absolute Gasteiger partial charge is 0.486 e. The van der Waals surface area contributed by atoms with Crippen LogP contribution in [0.3, 0.4) is 0 Å². The second-order valence-corrected chi connectivity index (χ2v) is 6.08. The fraction of sp³-hybridized carbons (Fsp3) is 0.190. The zero-order valence-corrected chi connectivity index (χ0v) is 15.6. The summed E-state index contributed by atoms with van der Waals surface area (Å²) in [6.07, 6.45) is 0. The van der Waals surface area contributed by atoms with Gasteiger partial charge in [0.1, 0.15) is 29.4 Å². The summed E-state index contributed by atoms with van der Waals surface area (Å²) in [7, 11) is 1.30. The number of ether oxygens (including phenoxy) is 3. The van der Waals surface area contributed by atoms with E-state index in [4.69, 9.17) is 13.9 Å². The zero-order valence-electron chi connectivity index (χ0n) is 15.6. The van der Waals surface area contributed by atoms with Gasteiger partial charge in [0.2, 0.25) is 11.2 Å². The lowest BCUT2D eigenvalue weighted by molar-refractivity contribution is -0.118. The van der Waals surface area contributed by atoms with Gasteiger partial charge in [-0.2, -0.15) is 0 Å². The third-order valence-electron chi connectivity index (χ3n) is 3.92. The molecule has 0 fully saturated rings. The molecule has 3 rings (SSSR count). The van der Waals surface area contributed by atoms with Crippen molar-refractivity contribution in [2.24, 2.45) is 0 Å². The van der Waals surface area contributed by atoms with Gasteiger partial charge in [0, 0.05) is 6.07 Å². The van der Waals surface area contributed by atoms with E-state index in [9.17, 15) is 14.4 Å². The Balaban J connectivity index is 1.91. The van der Waals surface area contributed by atoms with Gasteiger partial charge in [0.05, 0.1) is 18.1 Å². The number of esters is 1. The maximum atomic E-state index is 12.8. The SMILES string of the molecule is COC(=O)c1ccc(Oc2c(C)oc3cc(OCC(C)=O)ccc3c2=O)cc1. The molecule has 0 bridgehead atoms. The molecule has 7 heteroatoms. The van der Waals surface area contributed by atoms with Crippen molar-refractivity contribution in [1.82, 2.24) is 0 Å². The van der Waals surface area contributed by atoms with Gasteiger partial charge < -0.3 is 18.6 Å². The summed E-state index contributed by atoms with van der Waals surface area (Å²) in [5, 5.41) is 0.321. The molecule has 0 saturated carbocycles. The lowest BCUT2D eigenvalue weighted by Gasteiger charge is -2.10. The first-order valence-electron chi connectivity index (χ1n) is 8.45. The third kappa shape index (κ3) is 4.03. The molecule has 0 unspecified atom stereocenters. The van der Waals surface area contributed by atoms with Crippen LogP contribution in [0.2, 0.25) is 0 Å². The Morgan fingerprint density at radius 1 is 1.04 bits per heavy atom. The quantitative estimate of drug-likeness (QED) is 0.601. The Kier molecular flexibility index (Phi) is 5.44. The molecule has 7 nitrogen and oxygen atoms in total. The predicted octanol–water partition coefficient (Wildman–Crippen LogP) is 3.65. The summed E-state index contributed by atoms with van der Waals surface area (Å²) in [5.74, 6) is 0.575. The van der Waals surface area contributed by atoms with Gasteiger partial charge in [-0.3, -0.25) is 9.59 Å². The van der Waals surface area contributed by atoms with Gasteiger partial charge in [-0.05, 0) is 50.2 Å². The molecule has 0 amide bonds. The fourth-order valence-corrected chi connectivity index (χ4v) is 2.56. The van der Waals surface area contributed by atoms with Crippen molar-refractivity contribution in [3.05, 3.63) is 64.0 Å². The number of Topliss-reactive ketones (excluding diaryl/α,β-unsaturated/α-hetero) is 1. The second kappa shape index (κ2) is 7.96. The predicted molar refractivity (Wildman–Crippen MR) is 101 cm³/mol. The number of carbonyl (C=O) groups excluding carboxylic acids is 2. The number of rotatable bonds is 6. The molecule has 0 aliphatic heterocycles. The number of aryl methyl sites for hydroxylation is 1. The molecule has 2 aromatic carbocycles. The van der Waals surface area contributed by atoms with Gasteiger partial charge in [-0.15, -0.1) is 0 Å². The Bertz CT molecular complexity index is 1090. The molecule has 144 valence electrons. The van der Waals surface area contributed by atoms with Crippen LogP contribution in [0.4, 0.5) is 0 Å². The van der Waals surface area contributed by atoms with E-state index < -0.39 is 5.97 Å². The maximum Gasteiger partial charge on any atom is 0.337 e. The molecule has 0 spiro atoms. The number of carbonyl (C=O) groups is 2. The normalized spacial score (nSPS) is 10.5. The molecular formula is C21H18O7. The minimum Gasteiger partial charge on any atom is -0.486 e. The van der Waals surface area contributed by atoms with Crippen LogP contribution in [0.1, 0.15) is 23.0 Å². The van der Waals surface area contributed by atoms with Crippen LogP contribution < -0.4 is 14.9 Å². The highest BCUT2D eigenvalue weighted by Gasteiger charge is 2.15. The molecule has 3 aromatic rings. The lowest BCUT2D eigenvalue weighted by atomic mass is 10.2. The van der Waals surface area contributed by atoms with Gasteiger partial charge >= 0.3 is 5.97 Å². The zero-order chi connectivity index (χ0) is 20.3. The van der Waals surface area contributed by atoms with Crippen molar-refractivity contribution in [1.29, 1.82) is 0 Å². The Morgan fingerprint density at radius 2 is 1.71 bits per heavy atom. The molecule has 28 heavy (non-hydrogen) atoms. The van der Waals surface area contributed by atoms with Crippen LogP contribution in [0.5, 0.6) is 17.2 Å². The van der Waals surface area contributed by atoms with Crippen molar-refractivity contribution in [3.63, 3.8) is 0 Å². The topological polar surface area (TPSA) is 92.0 Å². The molecule has 0 aliphatic rings. The number of benzene rings is 2. The van der Waals surface area contributed by atoms with Gasteiger partial charge in [0.15, 0.2) is 5.78 Å². The van der Waals surface area contributed by atoms with E-state index in [1.807, 2.05) is 0 Å². The van der Waals surface area contributed by atoms with Gasteiger partial charge in [-0.25, -0.2) is 4.79 Å². The summed E-state index contributed by atoms with van der Waals surface area (Å²) in [6, 6.07) is 10.9. The smallest absolute Gasteiger partial charge is 0.337 e. The summed E-state index contributed by atoms with van der Waals surface area (Å²) < 4.78 is 21.4. The highest BCUT2D eigenvalue weighted by atomic mass is 16.5. The summed E-state index contributed by atoms with van der Waals surface area (Å²) in [4.78, 5) is 35.3. The molecule has 0 atom stereocenters. The minimum atomic E-state index is -0.462. The van der Waals surface area contributed by atoms with Crippen LogP contribution >= 0.6 is 0 Å². The van der Waals surface area contributed by atoms with Crippen molar-refractivity contribution < 1.29 is 28.2 Å². The second-order valence-electron chi connectivity index (χ2n) is 6.08. The number of hydrogen-bond acceptors (Lipinski definition) is 7. The minimum absolute atomic E-state index is 0.0516. The fourth-order valence-electron chi connectivity index (χ4n) is 2.56. The van der Waals surface area contributed by atoms with Crippen molar-refractivity contribution >= 4 is 22.7 Å². The number of hydrogen-bond donors (Lipinski definition) is 0. The average Bonchev–Trinajstić information content (AvgIpc) is 2.69. The van der Waals surface area contributed by atoms with E-state index in [1.165, 1.54) is 26.2 Å².